The highest BCUT2D eigenvalue weighted by Gasteiger charge is 2.25. The first kappa shape index (κ1) is 27.6. The van der Waals surface area contributed by atoms with Crippen molar-refractivity contribution in [2.75, 3.05) is 0 Å². The van der Waals surface area contributed by atoms with Crippen LogP contribution in [0, 0.1) is 11.8 Å². The fourth-order valence-electron chi connectivity index (χ4n) is 3.83. The van der Waals surface area contributed by atoms with E-state index >= 15 is 0 Å². The summed E-state index contributed by atoms with van der Waals surface area (Å²) in [5, 5.41) is 2.01. The number of rotatable bonds is 4. The molecule has 0 N–H and O–H groups in total. The minimum Gasteiger partial charge on any atom is -0.419 e. The molecule has 0 radical (unpaired) electrons. The van der Waals surface area contributed by atoms with E-state index in [9.17, 15) is 9.59 Å². The Kier molecular flexibility index (Phi) is 8.30. The Morgan fingerprint density at radius 1 is 0.625 bits per heavy atom. The SMILES string of the molecule is O=C(Oc1c(-c2ccc(Cl)cc2)c(C#Cc2ccc(Cl)cc2)c(-c2ccc(Cl)cc2)oc1=O)c1ccc(Cl)cc1. The summed E-state index contributed by atoms with van der Waals surface area (Å²) in [6.07, 6.45) is 0. The van der Waals surface area contributed by atoms with Gasteiger partial charge in [0, 0.05) is 31.2 Å². The first-order chi connectivity index (χ1) is 19.3. The van der Waals surface area contributed by atoms with Gasteiger partial charge in [-0.3, -0.25) is 0 Å². The van der Waals surface area contributed by atoms with Crippen LogP contribution in [0.15, 0.2) is 106 Å². The molecule has 0 amide bonds. The van der Waals surface area contributed by atoms with E-state index in [2.05, 4.69) is 11.8 Å². The molecule has 0 spiro atoms. The number of hydrogen-bond acceptors (Lipinski definition) is 4. The van der Waals surface area contributed by atoms with Gasteiger partial charge < -0.3 is 9.15 Å². The fourth-order valence-corrected chi connectivity index (χ4v) is 4.34. The van der Waals surface area contributed by atoms with E-state index in [4.69, 9.17) is 55.6 Å². The third-order valence-electron chi connectivity index (χ3n) is 5.77. The van der Waals surface area contributed by atoms with Gasteiger partial charge in [-0.1, -0.05) is 70.4 Å². The summed E-state index contributed by atoms with van der Waals surface area (Å²) in [6, 6.07) is 26.5. The highest BCUT2D eigenvalue weighted by atomic mass is 35.5. The maximum Gasteiger partial charge on any atom is 0.380 e. The first-order valence-corrected chi connectivity index (χ1v) is 13.3. The van der Waals surface area contributed by atoms with Gasteiger partial charge in [-0.15, -0.1) is 0 Å². The Bertz CT molecular complexity index is 1810. The molecule has 0 unspecified atom stereocenters. The van der Waals surface area contributed by atoms with Crippen molar-refractivity contribution in [1.29, 1.82) is 0 Å². The molecule has 0 aliphatic carbocycles. The van der Waals surface area contributed by atoms with Gasteiger partial charge in [-0.05, 0) is 90.5 Å². The average molecular weight is 606 g/mol. The van der Waals surface area contributed by atoms with Crippen LogP contribution in [0.3, 0.4) is 0 Å². The molecule has 1 aromatic heterocycles. The van der Waals surface area contributed by atoms with Gasteiger partial charge in [-0.2, -0.15) is 0 Å². The smallest absolute Gasteiger partial charge is 0.380 e. The van der Waals surface area contributed by atoms with E-state index in [1.165, 1.54) is 12.1 Å². The molecule has 0 aliphatic heterocycles. The molecule has 4 aromatic carbocycles. The second-order valence-electron chi connectivity index (χ2n) is 8.46. The van der Waals surface area contributed by atoms with Gasteiger partial charge in [0.1, 0.15) is 0 Å². The Hall–Kier alpha value is -3.98. The van der Waals surface area contributed by atoms with Crippen LogP contribution in [0.1, 0.15) is 21.5 Å². The molecule has 0 bridgehead atoms. The third-order valence-corrected chi connectivity index (χ3v) is 6.78. The zero-order valence-electron chi connectivity index (χ0n) is 20.4. The van der Waals surface area contributed by atoms with E-state index in [1.54, 1.807) is 84.9 Å². The number of esters is 1. The number of carbonyl (C=O) groups excluding carboxylic acids is 1. The number of halogens is 4. The summed E-state index contributed by atoms with van der Waals surface area (Å²) in [6.45, 7) is 0. The molecule has 4 nitrogen and oxygen atoms in total. The highest BCUT2D eigenvalue weighted by molar-refractivity contribution is 6.31. The zero-order chi connectivity index (χ0) is 28.2. The predicted octanol–water partition coefficient (Wildman–Crippen LogP) is 9.21. The number of hydrogen-bond donors (Lipinski definition) is 0. The highest BCUT2D eigenvalue weighted by Crippen LogP contribution is 2.38. The van der Waals surface area contributed by atoms with Crippen molar-refractivity contribution in [3.63, 3.8) is 0 Å². The first-order valence-electron chi connectivity index (χ1n) is 11.8. The molecule has 0 saturated heterocycles. The van der Waals surface area contributed by atoms with Gasteiger partial charge >= 0.3 is 11.6 Å². The summed E-state index contributed by atoms with van der Waals surface area (Å²) in [7, 11) is 0. The topological polar surface area (TPSA) is 56.5 Å². The molecule has 0 atom stereocenters. The number of benzene rings is 4. The van der Waals surface area contributed by atoms with Gasteiger partial charge in [-0.25, -0.2) is 9.59 Å². The molecule has 196 valence electrons. The van der Waals surface area contributed by atoms with Crippen molar-refractivity contribution in [2.24, 2.45) is 0 Å². The third kappa shape index (κ3) is 6.25. The summed E-state index contributed by atoms with van der Waals surface area (Å²) >= 11 is 24.3. The summed E-state index contributed by atoms with van der Waals surface area (Å²) in [4.78, 5) is 26.5. The van der Waals surface area contributed by atoms with E-state index in [1.807, 2.05) is 0 Å². The molecular weight excluding hydrogens is 590 g/mol. The minimum absolute atomic E-state index is 0.180. The molecule has 40 heavy (non-hydrogen) atoms. The Labute approximate surface area is 249 Å². The van der Waals surface area contributed by atoms with Crippen LogP contribution in [0.4, 0.5) is 0 Å². The molecule has 1 heterocycles. The molecule has 5 aromatic rings. The summed E-state index contributed by atoms with van der Waals surface area (Å²) < 4.78 is 11.4. The predicted molar refractivity (Wildman–Crippen MR) is 160 cm³/mol. The molecular formula is C32H16Cl4O4. The monoisotopic (exact) mass is 604 g/mol. The minimum atomic E-state index is -0.866. The number of carbonyl (C=O) groups is 1. The van der Waals surface area contributed by atoms with Gasteiger partial charge in [0.15, 0.2) is 5.76 Å². The van der Waals surface area contributed by atoms with Crippen molar-refractivity contribution in [3.05, 3.63) is 144 Å². The zero-order valence-corrected chi connectivity index (χ0v) is 23.4. The molecule has 0 fully saturated rings. The van der Waals surface area contributed by atoms with Crippen molar-refractivity contribution < 1.29 is 13.9 Å². The summed E-state index contributed by atoms with van der Waals surface area (Å²) in [5.41, 5.74) is 1.66. The van der Waals surface area contributed by atoms with Crippen LogP contribution in [0.2, 0.25) is 20.1 Å². The van der Waals surface area contributed by atoms with Crippen LogP contribution in [-0.4, -0.2) is 5.97 Å². The van der Waals surface area contributed by atoms with Gasteiger partial charge in [0.05, 0.1) is 16.7 Å². The van der Waals surface area contributed by atoms with E-state index < -0.39 is 11.6 Å². The summed E-state index contributed by atoms with van der Waals surface area (Å²) in [5.74, 6) is 5.32. The normalized spacial score (nSPS) is 10.5. The molecule has 8 heteroatoms. The van der Waals surface area contributed by atoms with E-state index in [0.29, 0.717) is 42.3 Å². The van der Waals surface area contributed by atoms with Crippen molar-refractivity contribution >= 4 is 52.4 Å². The van der Waals surface area contributed by atoms with Crippen molar-refractivity contribution in [2.45, 2.75) is 0 Å². The molecule has 0 saturated carbocycles. The number of ether oxygens (including phenoxy) is 1. The second-order valence-corrected chi connectivity index (χ2v) is 10.2. The van der Waals surface area contributed by atoms with Crippen LogP contribution in [0.25, 0.3) is 22.5 Å². The molecule has 5 rings (SSSR count). The van der Waals surface area contributed by atoms with Gasteiger partial charge in [0.25, 0.3) is 0 Å². The Morgan fingerprint density at radius 2 is 1.10 bits per heavy atom. The maximum atomic E-state index is 13.4. The lowest BCUT2D eigenvalue weighted by atomic mass is 9.96. The van der Waals surface area contributed by atoms with Crippen molar-refractivity contribution in [3.8, 4) is 40.0 Å². The standard InChI is InChI=1S/C32H16Cl4O4/c33-23-10-1-19(2-11-23)3-18-27-28(20-4-12-24(34)13-5-20)30(40-31(37)22-8-16-26(36)17-9-22)32(38)39-29(27)21-6-14-25(35)15-7-21/h1-2,4-17H. The maximum absolute atomic E-state index is 13.4. The van der Waals surface area contributed by atoms with Crippen LogP contribution in [0.5, 0.6) is 5.75 Å². The van der Waals surface area contributed by atoms with Gasteiger partial charge in [0.2, 0.25) is 5.75 Å². The lowest BCUT2D eigenvalue weighted by Gasteiger charge is -2.15. The van der Waals surface area contributed by atoms with E-state index in [0.717, 1.165) is 0 Å². The quantitative estimate of drug-likeness (QED) is 0.151. The largest absolute Gasteiger partial charge is 0.419 e. The van der Waals surface area contributed by atoms with E-state index in [-0.39, 0.29) is 22.6 Å². The molecule has 0 aliphatic rings. The lowest BCUT2D eigenvalue weighted by Crippen LogP contribution is -2.17. The van der Waals surface area contributed by atoms with Crippen LogP contribution < -0.4 is 10.4 Å². The lowest BCUT2D eigenvalue weighted by molar-refractivity contribution is 0.0729. The Morgan fingerprint density at radius 3 is 1.65 bits per heavy atom. The fraction of sp³-hybridized carbons (Fsp3) is 0. The average Bonchev–Trinajstić information content (AvgIpc) is 2.95. The Balaban J connectivity index is 1.78. The van der Waals surface area contributed by atoms with Crippen LogP contribution in [-0.2, 0) is 0 Å². The van der Waals surface area contributed by atoms with Crippen molar-refractivity contribution in [1.82, 2.24) is 0 Å². The second kappa shape index (κ2) is 12.0. The van der Waals surface area contributed by atoms with Crippen LogP contribution >= 0.6 is 46.4 Å².